The van der Waals surface area contributed by atoms with Crippen LogP contribution in [0.15, 0.2) is 60.2 Å². The van der Waals surface area contributed by atoms with Crippen LogP contribution in [-0.4, -0.2) is 34.0 Å². The zero-order chi connectivity index (χ0) is 19.1. The van der Waals surface area contributed by atoms with Crippen LogP contribution in [0.2, 0.25) is 0 Å². The van der Waals surface area contributed by atoms with E-state index in [1.165, 1.54) is 16.9 Å². The summed E-state index contributed by atoms with van der Waals surface area (Å²) in [6.45, 7) is 2.89. The zero-order valence-corrected chi connectivity index (χ0v) is 15.9. The van der Waals surface area contributed by atoms with Gasteiger partial charge in [0, 0.05) is 31.9 Å². The molecule has 0 bridgehead atoms. The fraction of sp³-hybridized carbons (Fsp3) is 0.250. The van der Waals surface area contributed by atoms with Crippen molar-refractivity contribution in [1.82, 2.24) is 20.2 Å². The minimum atomic E-state index is -0.594. The summed E-state index contributed by atoms with van der Waals surface area (Å²) in [5.41, 5.74) is 1.20. The van der Waals surface area contributed by atoms with Gasteiger partial charge in [0.15, 0.2) is 0 Å². The second kappa shape index (κ2) is 9.14. The lowest BCUT2D eigenvalue weighted by Crippen LogP contribution is -2.45. The fourth-order valence-corrected chi connectivity index (χ4v) is 3.31. The van der Waals surface area contributed by atoms with Crippen molar-refractivity contribution in [3.8, 4) is 0 Å². The topological polar surface area (TPSA) is 76.0 Å². The normalized spacial score (nSPS) is 11.7. The summed E-state index contributed by atoms with van der Waals surface area (Å²) in [5, 5.41) is 7.40. The van der Waals surface area contributed by atoms with Crippen molar-refractivity contribution in [2.45, 2.75) is 25.9 Å². The Morgan fingerprint density at radius 2 is 2.00 bits per heavy atom. The van der Waals surface area contributed by atoms with Gasteiger partial charge in [0.25, 0.3) is 5.91 Å². The molecule has 0 fully saturated rings. The van der Waals surface area contributed by atoms with Gasteiger partial charge >= 0.3 is 0 Å². The predicted molar refractivity (Wildman–Crippen MR) is 106 cm³/mol. The van der Waals surface area contributed by atoms with E-state index >= 15 is 0 Å². The number of nitrogens with one attached hydrogen (secondary N) is 2. The Kier molecular flexibility index (Phi) is 6.38. The second-order valence-electron chi connectivity index (χ2n) is 6.17. The molecule has 2 amide bonds. The highest BCUT2D eigenvalue weighted by Gasteiger charge is 2.17. The number of nitrogens with zero attached hydrogens (tertiary/aromatic N) is 2. The minimum Gasteiger partial charge on any atom is -0.354 e. The smallest absolute Gasteiger partial charge is 0.261 e. The first kappa shape index (κ1) is 18.8. The van der Waals surface area contributed by atoms with Gasteiger partial charge in [-0.3, -0.25) is 9.59 Å². The standard InChI is InChI=1S/C20H22N4O2S/c1-15(23-20(26)17-8-5-13-27-17)19(25)22-10-9-18-21-11-12-24(18)14-16-6-3-2-4-7-16/h2-8,11-13,15H,9-10,14H2,1H3,(H,22,25)(H,23,26). The Hall–Kier alpha value is -2.93. The summed E-state index contributed by atoms with van der Waals surface area (Å²) < 4.78 is 2.07. The van der Waals surface area contributed by atoms with Crippen molar-refractivity contribution >= 4 is 23.2 Å². The van der Waals surface area contributed by atoms with Crippen molar-refractivity contribution < 1.29 is 9.59 Å². The molecule has 0 saturated heterocycles. The monoisotopic (exact) mass is 382 g/mol. The van der Waals surface area contributed by atoms with Crippen molar-refractivity contribution in [1.29, 1.82) is 0 Å². The quantitative estimate of drug-likeness (QED) is 0.628. The predicted octanol–water partition coefficient (Wildman–Crippen LogP) is 2.47. The highest BCUT2D eigenvalue weighted by Crippen LogP contribution is 2.08. The Bertz CT molecular complexity index is 875. The lowest BCUT2D eigenvalue weighted by atomic mass is 10.2. The molecule has 3 rings (SSSR count). The highest BCUT2D eigenvalue weighted by molar-refractivity contribution is 7.12. The van der Waals surface area contributed by atoms with Crippen LogP contribution in [0.25, 0.3) is 0 Å². The molecule has 6 nitrogen and oxygen atoms in total. The average molecular weight is 382 g/mol. The third kappa shape index (κ3) is 5.27. The second-order valence-corrected chi connectivity index (χ2v) is 7.12. The molecule has 0 aliphatic carbocycles. The highest BCUT2D eigenvalue weighted by atomic mass is 32.1. The molecule has 0 spiro atoms. The minimum absolute atomic E-state index is 0.207. The van der Waals surface area contributed by atoms with Crippen LogP contribution in [0.3, 0.4) is 0 Å². The van der Waals surface area contributed by atoms with Gasteiger partial charge in [-0.25, -0.2) is 4.98 Å². The summed E-state index contributed by atoms with van der Waals surface area (Å²) in [6.07, 6.45) is 4.33. The van der Waals surface area contributed by atoms with E-state index in [1.807, 2.05) is 35.8 Å². The maximum absolute atomic E-state index is 12.2. The van der Waals surface area contributed by atoms with Crippen molar-refractivity contribution in [2.24, 2.45) is 0 Å². The summed E-state index contributed by atoms with van der Waals surface area (Å²) in [4.78, 5) is 29.2. The molecule has 0 aliphatic heterocycles. The molecular formula is C20H22N4O2S. The van der Waals surface area contributed by atoms with Gasteiger partial charge in [0.05, 0.1) is 4.88 Å². The molecule has 0 saturated carbocycles. The molecule has 2 aromatic heterocycles. The van der Waals surface area contributed by atoms with Gasteiger partial charge < -0.3 is 15.2 Å². The first-order valence-electron chi connectivity index (χ1n) is 8.79. The lowest BCUT2D eigenvalue weighted by Gasteiger charge is -2.14. The van der Waals surface area contributed by atoms with Gasteiger partial charge in [-0.1, -0.05) is 36.4 Å². The number of hydrogen-bond donors (Lipinski definition) is 2. The molecule has 0 radical (unpaired) electrons. The SMILES string of the molecule is CC(NC(=O)c1cccs1)C(=O)NCCc1nccn1Cc1ccccc1. The Labute approximate surface area is 162 Å². The summed E-state index contributed by atoms with van der Waals surface area (Å²) >= 11 is 1.35. The van der Waals surface area contributed by atoms with Crippen molar-refractivity contribution in [3.05, 3.63) is 76.5 Å². The van der Waals surface area contributed by atoms with Crippen LogP contribution in [0, 0.1) is 0 Å². The molecular weight excluding hydrogens is 360 g/mol. The number of thiophene rings is 1. The number of aromatic nitrogens is 2. The molecule has 1 unspecified atom stereocenters. The molecule has 140 valence electrons. The van der Waals surface area contributed by atoms with E-state index in [-0.39, 0.29) is 11.8 Å². The summed E-state index contributed by atoms with van der Waals surface area (Å²) in [5.74, 6) is 0.474. The van der Waals surface area contributed by atoms with Gasteiger partial charge in [-0.2, -0.15) is 0 Å². The van der Waals surface area contributed by atoms with Crippen LogP contribution in [0.5, 0.6) is 0 Å². The van der Waals surface area contributed by atoms with Crippen LogP contribution in [0.4, 0.5) is 0 Å². The largest absolute Gasteiger partial charge is 0.354 e. The van der Waals surface area contributed by atoms with Gasteiger partial charge in [-0.15, -0.1) is 11.3 Å². The number of imidazole rings is 1. The average Bonchev–Trinajstić information content (AvgIpc) is 3.35. The lowest BCUT2D eigenvalue weighted by molar-refractivity contribution is -0.122. The van der Waals surface area contributed by atoms with E-state index in [2.05, 4.69) is 32.3 Å². The molecule has 3 aromatic rings. The van der Waals surface area contributed by atoms with E-state index in [1.54, 1.807) is 19.2 Å². The third-order valence-corrected chi connectivity index (χ3v) is 5.00. The Morgan fingerprint density at radius 1 is 1.19 bits per heavy atom. The number of carbonyl (C=O) groups is 2. The fourth-order valence-electron chi connectivity index (χ4n) is 2.68. The summed E-state index contributed by atoms with van der Waals surface area (Å²) in [7, 11) is 0. The van der Waals surface area contributed by atoms with E-state index < -0.39 is 6.04 Å². The first-order chi connectivity index (χ1) is 13.1. The van der Waals surface area contributed by atoms with Crippen LogP contribution >= 0.6 is 11.3 Å². The number of benzene rings is 1. The van der Waals surface area contributed by atoms with E-state index in [4.69, 9.17) is 0 Å². The van der Waals surface area contributed by atoms with Gasteiger partial charge in [0.1, 0.15) is 11.9 Å². The van der Waals surface area contributed by atoms with Crippen molar-refractivity contribution in [2.75, 3.05) is 6.54 Å². The maximum atomic E-state index is 12.2. The Morgan fingerprint density at radius 3 is 2.74 bits per heavy atom. The number of carbonyl (C=O) groups excluding carboxylic acids is 2. The van der Waals surface area contributed by atoms with E-state index in [0.717, 1.165) is 12.4 Å². The van der Waals surface area contributed by atoms with E-state index in [9.17, 15) is 9.59 Å². The van der Waals surface area contributed by atoms with Crippen LogP contribution < -0.4 is 10.6 Å². The zero-order valence-electron chi connectivity index (χ0n) is 15.1. The third-order valence-electron chi connectivity index (χ3n) is 4.13. The number of rotatable bonds is 8. The maximum Gasteiger partial charge on any atom is 0.261 e. The molecule has 0 aliphatic rings. The van der Waals surface area contributed by atoms with Crippen molar-refractivity contribution in [3.63, 3.8) is 0 Å². The van der Waals surface area contributed by atoms with E-state index in [0.29, 0.717) is 17.8 Å². The first-order valence-corrected chi connectivity index (χ1v) is 9.67. The molecule has 1 aromatic carbocycles. The number of amides is 2. The Balaban J connectivity index is 1.46. The molecule has 2 N–H and O–H groups in total. The van der Waals surface area contributed by atoms with Crippen LogP contribution in [-0.2, 0) is 17.8 Å². The molecule has 1 atom stereocenters. The molecule has 2 heterocycles. The van der Waals surface area contributed by atoms with Gasteiger partial charge in [0.2, 0.25) is 5.91 Å². The molecule has 7 heteroatoms. The molecule has 27 heavy (non-hydrogen) atoms. The number of hydrogen-bond acceptors (Lipinski definition) is 4. The summed E-state index contributed by atoms with van der Waals surface area (Å²) in [6, 6.07) is 13.1. The van der Waals surface area contributed by atoms with Gasteiger partial charge in [-0.05, 0) is 23.9 Å². The van der Waals surface area contributed by atoms with Crippen LogP contribution in [0.1, 0.15) is 28.0 Å².